The van der Waals surface area contributed by atoms with E-state index >= 15 is 0 Å². The van der Waals surface area contributed by atoms with Crippen molar-refractivity contribution in [3.63, 3.8) is 0 Å². The lowest BCUT2D eigenvalue weighted by atomic mass is 10.1. The first-order valence-corrected chi connectivity index (χ1v) is 5.53. The molecule has 0 aromatic heterocycles. The number of primary amides is 1. The molecule has 3 N–H and O–H groups in total. The average Bonchev–Trinajstić information content (AvgIpc) is 2.13. The van der Waals surface area contributed by atoms with Gasteiger partial charge in [-0.3, -0.25) is 4.79 Å². The summed E-state index contributed by atoms with van der Waals surface area (Å²) in [5.41, 5.74) is 8.36. The highest BCUT2D eigenvalue weighted by Gasteiger charge is 2.09. The monoisotopic (exact) mass is 270 g/mol. The number of hydrogen-bond donors (Lipinski definition) is 2. The highest BCUT2D eigenvalue weighted by Crippen LogP contribution is 2.25. The molecule has 1 amide bonds. The summed E-state index contributed by atoms with van der Waals surface area (Å²) in [6.07, 6.45) is 0. The Hall–Kier alpha value is -1.03. The van der Waals surface area contributed by atoms with Crippen LogP contribution in [-0.2, 0) is 4.79 Å². The van der Waals surface area contributed by atoms with Gasteiger partial charge in [-0.05, 0) is 44.0 Å². The number of hydrogen-bond acceptors (Lipinski definition) is 2. The van der Waals surface area contributed by atoms with Crippen molar-refractivity contribution < 1.29 is 4.79 Å². The maximum absolute atomic E-state index is 10.9. The van der Waals surface area contributed by atoms with Gasteiger partial charge in [-0.25, -0.2) is 0 Å². The van der Waals surface area contributed by atoms with Crippen molar-refractivity contribution in [1.29, 1.82) is 0 Å². The molecule has 4 heteroatoms. The molecule has 1 rings (SSSR count). The van der Waals surface area contributed by atoms with Crippen molar-refractivity contribution in [2.45, 2.75) is 26.8 Å². The van der Waals surface area contributed by atoms with Gasteiger partial charge in [0.25, 0.3) is 0 Å². The summed E-state index contributed by atoms with van der Waals surface area (Å²) in [5.74, 6) is -0.353. The Morgan fingerprint density at radius 1 is 1.40 bits per heavy atom. The third-order valence-corrected chi connectivity index (χ3v) is 3.50. The van der Waals surface area contributed by atoms with Crippen LogP contribution in [0.1, 0.15) is 18.1 Å². The highest BCUT2D eigenvalue weighted by molar-refractivity contribution is 9.10. The number of aryl methyl sites for hydroxylation is 2. The molecule has 1 aromatic rings. The lowest BCUT2D eigenvalue weighted by molar-refractivity contribution is -0.118. The van der Waals surface area contributed by atoms with Crippen molar-refractivity contribution in [2.75, 3.05) is 5.32 Å². The topological polar surface area (TPSA) is 55.1 Å². The lowest BCUT2D eigenvalue weighted by Crippen LogP contribution is -2.32. The van der Waals surface area contributed by atoms with Gasteiger partial charge in [0.2, 0.25) is 5.91 Å². The Balaban J connectivity index is 2.92. The molecule has 0 aliphatic heterocycles. The van der Waals surface area contributed by atoms with Gasteiger partial charge in [0.05, 0.1) is 0 Å². The van der Waals surface area contributed by atoms with E-state index in [1.165, 1.54) is 0 Å². The number of nitrogens with two attached hydrogens (primary N) is 1. The Kier molecular flexibility index (Phi) is 3.74. The number of anilines is 1. The van der Waals surface area contributed by atoms with Gasteiger partial charge in [0.15, 0.2) is 0 Å². The molecule has 0 aliphatic carbocycles. The van der Waals surface area contributed by atoms with Crippen molar-refractivity contribution in [3.8, 4) is 0 Å². The zero-order valence-electron chi connectivity index (χ0n) is 9.10. The van der Waals surface area contributed by atoms with Crippen LogP contribution in [-0.4, -0.2) is 11.9 Å². The van der Waals surface area contributed by atoms with Crippen molar-refractivity contribution in [2.24, 2.45) is 5.73 Å². The van der Waals surface area contributed by atoms with Crippen molar-refractivity contribution in [3.05, 3.63) is 27.7 Å². The van der Waals surface area contributed by atoms with Crippen LogP contribution < -0.4 is 11.1 Å². The van der Waals surface area contributed by atoms with Crippen LogP contribution in [0.4, 0.5) is 5.69 Å². The fourth-order valence-corrected chi connectivity index (χ4v) is 1.58. The zero-order chi connectivity index (χ0) is 11.6. The summed E-state index contributed by atoms with van der Waals surface area (Å²) in [6, 6.07) is 3.61. The van der Waals surface area contributed by atoms with E-state index in [1.807, 2.05) is 26.0 Å². The summed E-state index contributed by atoms with van der Waals surface area (Å²) in [4.78, 5) is 10.9. The summed E-state index contributed by atoms with van der Waals surface area (Å²) in [6.45, 7) is 5.77. The molecule has 0 saturated heterocycles. The summed E-state index contributed by atoms with van der Waals surface area (Å²) >= 11 is 3.49. The third kappa shape index (κ3) is 2.96. The van der Waals surface area contributed by atoms with Gasteiger partial charge in [0.1, 0.15) is 6.04 Å². The molecule has 0 saturated carbocycles. The largest absolute Gasteiger partial charge is 0.374 e. The smallest absolute Gasteiger partial charge is 0.239 e. The summed E-state index contributed by atoms with van der Waals surface area (Å²) < 4.78 is 1.10. The molecule has 0 fully saturated rings. The fourth-order valence-electron chi connectivity index (χ4n) is 1.35. The molecule has 0 heterocycles. The number of carbonyl (C=O) groups is 1. The molecular formula is C11H15BrN2O. The van der Waals surface area contributed by atoms with E-state index in [9.17, 15) is 4.79 Å². The number of carbonyl (C=O) groups excluding carboxylic acids is 1. The van der Waals surface area contributed by atoms with Gasteiger partial charge in [-0.1, -0.05) is 15.9 Å². The molecule has 0 bridgehead atoms. The zero-order valence-corrected chi connectivity index (χ0v) is 10.7. The van der Waals surface area contributed by atoms with Crippen LogP contribution in [0.2, 0.25) is 0 Å². The normalized spacial score (nSPS) is 12.3. The first-order valence-electron chi connectivity index (χ1n) is 4.74. The maximum Gasteiger partial charge on any atom is 0.239 e. The molecule has 82 valence electrons. The molecule has 15 heavy (non-hydrogen) atoms. The Morgan fingerprint density at radius 2 is 1.87 bits per heavy atom. The van der Waals surface area contributed by atoms with Crippen LogP contribution >= 0.6 is 15.9 Å². The number of amides is 1. The van der Waals surface area contributed by atoms with Crippen LogP contribution in [0.15, 0.2) is 16.6 Å². The van der Waals surface area contributed by atoms with E-state index in [0.29, 0.717) is 0 Å². The number of halogens is 1. The molecule has 0 unspecified atom stereocenters. The van der Waals surface area contributed by atoms with E-state index in [0.717, 1.165) is 21.3 Å². The van der Waals surface area contributed by atoms with Crippen molar-refractivity contribution in [1.82, 2.24) is 0 Å². The predicted molar refractivity (Wildman–Crippen MR) is 65.9 cm³/mol. The van der Waals surface area contributed by atoms with Gasteiger partial charge in [0, 0.05) is 10.2 Å². The molecular weight excluding hydrogens is 256 g/mol. The molecule has 0 aliphatic rings. The summed E-state index contributed by atoms with van der Waals surface area (Å²) in [5, 5.41) is 3.05. The third-order valence-electron chi connectivity index (χ3n) is 2.25. The standard InChI is InChI=1S/C11H15BrN2O/c1-6-4-9(5-7(2)10(6)12)14-8(3)11(13)15/h4-5,8,14H,1-3H3,(H2,13,15)/t8-/m1/s1. The van der Waals surface area contributed by atoms with E-state index in [4.69, 9.17) is 5.73 Å². The van der Waals surface area contributed by atoms with Crippen LogP contribution in [0.25, 0.3) is 0 Å². The SMILES string of the molecule is Cc1cc(N[C@H](C)C(N)=O)cc(C)c1Br. The highest BCUT2D eigenvalue weighted by atomic mass is 79.9. The number of benzene rings is 1. The van der Waals surface area contributed by atoms with Crippen LogP contribution in [0.3, 0.4) is 0 Å². The molecule has 0 radical (unpaired) electrons. The van der Waals surface area contributed by atoms with E-state index in [-0.39, 0.29) is 11.9 Å². The second kappa shape index (κ2) is 4.66. The summed E-state index contributed by atoms with van der Waals surface area (Å²) in [7, 11) is 0. The quantitative estimate of drug-likeness (QED) is 0.886. The second-order valence-corrected chi connectivity index (χ2v) is 4.49. The Morgan fingerprint density at radius 3 is 2.27 bits per heavy atom. The minimum atomic E-state index is -0.357. The second-order valence-electron chi connectivity index (χ2n) is 3.69. The van der Waals surface area contributed by atoms with Crippen LogP contribution in [0, 0.1) is 13.8 Å². The van der Waals surface area contributed by atoms with Gasteiger partial charge in [-0.2, -0.15) is 0 Å². The van der Waals surface area contributed by atoms with Gasteiger partial charge in [-0.15, -0.1) is 0 Å². The fraction of sp³-hybridized carbons (Fsp3) is 0.364. The van der Waals surface area contributed by atoms with E-state index < -0.39 is 0 Å². The van der Waals surface area contributed by atoms with E-state index in [1.54, 1.807) is 6.92 Å². The van der Waals surface area contributed by atoms with Gasteiger partial charge < -0.3 is 11.1 Å². The average molecular weight is 271 g/mol. The number of rotatable bonds is 3. The minimum Gasteiger partial charge on any atom is -0.374 e. The van der Waals surface area contributed by atoms with Crippen molar-refractivity contribution >= 4 is 27.5 Å². The first-order chi connectivity index (χ1) is 6.91. The Labute approximate surface area is 98.2 Å². The van der Waals surface area contributed by atoms with Crippen LogP contribution in [0.5, 0.6) is 0 Å². The number of nitrogens with one attached hydrogen (secondary N) is 1. The molecule has 1 atom stereocenters. The predicted octanol–water partition coefficient (Wildman–Crippen LogP) is 2.35. The first kappa shape index (κ1) is 12.0. The molecule has 1 aromatic carbocycles. The Bertz CT molecular complexity index is 367. The molecule has 0 spiro atoms. The van der Waals surface area contributed by atoms with Gasteiger partial charge >= 0.3 is 0 Å². The maximum atomic E-state index is 10.9. The lowest BCUT2D eigenvalue weighted by Gasteiger charge is -2.14. The minimum absolute atomic E-state index is 0.353. The molecule has 3 nitrogen and oxygen atoms in total. The van der Waals surface area contributed by atoms with E-state index in [2.05, 4.69) is 21.2 Å².